The summed E-state index contributed by atoms with van der Waals surface area (Å²) < 4.78 is 0. The largest absolute Gasteiger partial charge is 0.301 e. The molecule has 0 radical (unpaired) electrons. The number of benzene rings is 2. The van der Waals surface area contributed by atoms with Gasteiger partial charge in [-0.1, -0.05) is 54.6 Å². The Morgan fingerprint density at radius 2 is 1.43 bits per heavy atom. The highest BCUT2D eigenvalue weighted by Gasteiger charge is 2.23. The molecule has 1 unspecified atom stereocenters. The second kappa shape index (κ2) is 7.08. The molecule has 2 aromatic carbocycles. The van der Waals surface area contributed by atoms with Crippen molar-refractivity contribution in [2.45, 2.75) is 19.1 Å². The van der Waals surface area contributed by atoms with Gasteiger partial charge in [-0.3, -0.25) is 4.90 Å². The number of hydrogen-bond acceptors (Lipinski definition) is 2. The summed E-state index contributed by atoms with van der Waals surface area (Å²) in [6.07, 6.45) is 0. The van der Waals surface area contributed by atoms with Crippen LogP contribution in [0.3, 0.4) is 0 Å². The molecule has 0 aliphatic carbocycles. The zero-order chi connectivity index (χ0) is 13.9. The van der Waals surface area contributed by atoms with Crippen LogP contribution in [0.25, 0.3) is 0 Å². The Balaban J connectivity index is 0.00000161. The van der Waals surface area contributed by atoms with Crippen LogP contribution in [-0.4, -0.2) is 30.4 Å². The van der Waals surface area contributed by atoms with E-state index >= 15 is 0 Å². The van der Waals surface area contributed by atoms with E-state index in [1.165, 1.54) is 16.7 Å². The highest BCUT2D eigenvalue weighted by atomic mass is 35.5. The van der Waals surface area contributed by atoms with E-state index in [1.54, 1.807) is 0 Å². The first kappa shape index (κ1) is 16.0. The highest BCUT2D eigenvalue weighted by Crippen LogP contribution is 2.26. The van der Waals surface area contributed by atoms with E-state index in [-0.39, 0.29) is 12.4 Å². The maximum Gasteiger partial charge on any atom is 0.0469 e. The van der Waals surface area contributed by atoms with Crippen LogP contribution in [-0.2, 0) is 13.1 Å². The van der Waals surface area contributed by atoms with Crippen LogP contribution in [0.15, 0.2) is 54.6 Å². The molecule has 0 saturated heterocycles. The zero-order valence-corrected chi connectivity index (χ0v) is 13.5. The topological polar surface area (TPSA) is 6.48 Å². The third-order valence-electron chi connectivity index (χ3n) is 4.15. The van der Waals surface area contributed by atoms with Crippen LogP contribution < -0.4 is 0 Å². The van der Waals surface area contributed by atoms with Crippen LogP contribution in [0.2, 0.25) is 0 Å². The molecule has 1 heterocycles. The summed E-state index contributed by atoms with van der Waals surface area (Å²) >= 11 is 0. The minimum atomic E-state index is 0. The van der Waals surface area contributed by atoms with Gasteiger partial charge in [-0.05, 0) is 30.8 Å². The van der Waals surface area contributed by atoms with E-state index in [9.17, 15) is 0 Å². The first-order valence-electron chi connectivity index (χ1n) is 7.24. The van der Waals surface area contributed by atoms with Gasteiger partial charge < -0.3 is 4.90 Å². The maximum absolute atomic E-state index is 2.54. The second-order valence-electron chi connectivity index (χ2n) is 5.83. The fraction of sp³-hybridized carbons (Fsp3) is 0.333. The third kappa shape index (κ3) is 3.65. The number of rotatable bonds is 4. The molecule has 1 aliphatic heterocycles. The zero-order valence-electron chi connectivity index (χ0n) is 12.7. The van der Waals surface area contributed by atoms with E-state index < -0.39 is 0 Å². The summed E-state index contributed by atoms with van der Waals surface area (Å²) in [6, 6.07) is 20.0. The van der Waals surface area contributed by atoms with Crippen LogP contribution in [0.1, 0.15) is 22.7 Å². The van der Waals surface area contributed by atoms with Crippen molar-refractivity contribution < 1.29 is 0 Å². The van der Waals surface area contributed by atoms with Gasteiger partial charge >= 0.3 is 0 Å². The first-order chi connectivity index (χ1) is 9.74. The second-order valence-corrected chi connectivity index (χ2v) is 5.83. The van der Waals surface area contributed by atoms with E-state index in [4.69, 9.17) is 0 Å². The number of halogens is 1. The van der Waals surface area contributed by atoms with Crippen LogP contribution >= 0.6 is 12.4 Å². The summed E-state index contributed by atoms with van der Waals surface area (Å²) in [5.74, 6) is 0. The molecule has 3 rings (SSSR count). The Morgan fingerprint density at radius 1 is 0.905 bits per heavy atom. The van der Waals surface area contributed by atoms with Crippen LogP contribution in [0.5, 0.6) is 0 Å². The van der Waals surface area contributed by atoms with Crippen molar-refractivity contribution in [3.8, 4) is 0 Å². The lowest BCUT2D eigenvalue weighted by Crippen LogP contribution is -2.31. The van der Waals surface area contributed by atoms with Gasteiger partial charge in [-0.15, -0.1) is 12.4 Å². The maximum atomic E-state index is 2.54. The lowest BCUT2D eigenvalue weighted by Gasteiger charge is -2.29. The van der Waals surface area contributed by atoms with Gasteiger partial charge in [-0.2, -0.15) is 0 Å². The normalized spacial score (nSPS) is 15.6. The number of fused-ring (bicyclic) bond motifs is 1. The monoisotopic (exact) mass is 302 g/mol. The van der Waals surface area contributed by atoms with Gasteiger partial charge in [0, 0.05) is 25.7 Å². The predicted molar refractivity (Wildman–Crippen MR) is 90.7 cm³/mol. The fourth-order valence-corrected chi connectivity index (χ4v) is 3.02. The molecule has 1 aliphatic rings. The van der Waals surface area contributed by atoms with Gasteiger partial charge in [0.2, 0.25) is 0 Å². The third-order valence-corrected chi connectivity index (χ3v) is 4.15. The molecule has 0 aromatic heterocycles. The van der Waals surface area contributed by atoms with Crippen molar-refractivity contribution >= 4 is 12.4 Å². The van der Waals surface area contributed by atoms with Crippen molar-refractivity contribution in [2.24, 2.45) is 0 Å². The SMILES string of the molecule is CN(C)C(CN1Cc2ccccc2C1)c1ccccc1.Cl. The molecule has 0 spiro atoms. The summed E-state index contributed by atoms with van der Waals surface area (Å²) in [4.78, 5) is 4.86. The van der Waals surface area contributed by atoms with E-state index in [2.05, 4.69) is 78.5 Å². The lowest BCUT2D eigenvalue weighted by molar-refractivity contribution is 0.184. The minimum absolute atomic E-state index is 0. The van der Waals surface area contributed by atoms with Gasteiger partial charge in [-0.25, -0.2) is 0 Å². The lowest BCUT2D eigenvalue weighted by atomic mass is 10.1. The Bertz CT molecular complexity index is 543. The molecule has 2 nitrogen and oxygen atoms in total. The predicted octanol–water partition coefficient (Wildman–Crippen LogP) is 3.73. The van der Waals surface area contributed by atoms with Crippen LogP contribution in [0.4, 0.5) is 0 Å². The summed E-state index contributed by atoms with van der Waals surface area (Å²) in [7, 11) is 4.34. The van der Waals surface area contributed by atoms with E-state index in [0.717, 1.165) is 19.6 Å². The molecule has 112 valence electrons. The van der Waals surface area contributed by atoms with Crippen molar-refractivity contribution in [1.29, 1.82) is 0 Å². The first-order valence-corrected chi connectivity index (χ1v) is 7.24. The average molecular weight is 303 g/mol. The van der Waals surface area contributed by atoms with Gasteiger partial charge in [0.1, 0.15) is 0 Å². The molecule has 21 heavy (non-hydrogen) atoms. The quantitative estimate of drug-likeness (QED) is 0.849. The Kier molecular flexibility index (Phi) is 5.40. The molecule has 1 atom stereocenters. The number of likely N-dealkylation sites (N-methyl/N-ethyl adjacent to an activating group) is 1. The van der Waals surface area contributed by atoms with Crippen molar-refractivity contribution in [3.63, 3.8) is 0 Å². The molecular weight excluding hydrogens is 280 g/mol. The molecular formula is C18H23ClN2. The van der Waals surface area contributed by atoms with Crippen molar-refractivity contribution in [2.75, 3.05) is 20.6 Å². The van der Waals surface area contributed by atoms with Gasteiger partial charge in [0.25, 0.3) is 0 Å². The number of nitrogens with zero attached hydrogens (tertiary/aromatic N) is 2. The summed E-state index contributed by atoms with van der Waals surface area (Å²) in [5.41, 5.74) is 4.37. The standard InChI is InChI=1S/C18H22N2.ClH/c1-19(2)18(15-8-4-3-5-9-15)14-20-12-16-10-6-7-11-17(16)13-20;/h3-11,18H,12-14H2,1-2H3;1H. The van der Waals surface area contributed by atoms with E-state index in [1.807, 2.05) is 0 Å². The molecule has 0 amide bonds. The summed E-state index contributed by atoms with van der Waals surface area (Å²) in [5, 5.41) is 0. The minimum Gasteiger partial charge on any atom is -0.301 e. The number of hydrogen-bond donors (Lipinski definition) is 0. The Morgan fingerprint density at radius 3 is 1.95 bits per heavy atom. The average Bonchev–Trinajstić information content (AvgIpc) is 2.88. The molecule has 3 heteroatoms. The molecule has 0 fully saturated rings. The highest BCUT2D eigenvalue weighted by molar-refractivity contribution is 5.85. The van der Waals surface area contributed by atoms with Crippen molar-refractivity contribution in [1.82, 2.24) is 9.80 Å². The molecule has 0 N–H and O–H groups in total. The molecule has 2 aromatic rings. The van der Waals surface area contributed by atoms with Gasteiger partial charge in [0.15, 0.2) is 0 Å². The van der Waals surface area contributed by atoms with Crippen LogP contribution in [0, 0.1) is 0 Å². The fourth-order valence-electron chi connectivity index (χ4n) is 3.02. The smallest absolute Gasteiger partial charge is 0.0469 e. The van der Waals surface area contributed by atoms with Gasteiger partial charge in [0.05, 0.1) is 0 Å². The Hall–Kier alpha value is -1.35. The molecule has 0 saturated carbocycles. The molecule has 0 bridgehead atoms. The van der Waals surface area contributed by atoms with E-state index in [0.29, 0.717) is 6.04 Å². The van der Waals surface area contributed by atoms with Crippen molar-refractivity contribution in [3.05, 3.63) is 71.3 Å². The Labute approximate surface area is 133 Å². The summed E-state index contributed by atoms with van der Waals surface area (Å²) in [6.45, 7) is 3.23.